The van der Waals surface area contributed by atoms with Gasteiger partial charge >= 0.3 is 0 Å². The molecule has 2 aromatic heterocycles. The summed E-state index contributed by atoms with van der Waals surface area (Å²) in [6, 6.07) is 12.6. The molecule has 24 heavy (non-hydrogen) atoms. The van der Waals surface area contributed by atoms with E-state index in [0.717, 1.165) is 5.56 Å². The summed E-state index contributed by atoms with van der Waals surface area (Å²) in [6.07, 6.45) is 0.909. The van der Waals surface area contributed by atoms with Gasteiger partial charge in [0.15, 0.2) is 0 Å². The zero-order valence-electron chi connectivity index (χ0n) is 13.1. The summed E-state index contributed by atoms with van der Waals surface area (Å²) in [5, 5.41) is 13.8. The van der Waals surface area contributed by atoms with Crippen molar-refractivity contribution < 1.29 is 5.11 Å². The summed E-state index contributed by atoms with van der Waals surface area (Å²) < 4.78 is 1.23. The molecule has 0 radical (unpaired) electrons. The molecular weight excluding hydrogens is 306 g/mol. The number of benzene rings is 1. The Kier molecular flexibility index (Phi) is 4.35. The minimum Gasteiger partial charge on any atom is -0.391 e. The van der Waals surface area contributed by atoms with Crippen LogP contribution in [-0.2, 0) is 6.54 Å². The second-order valence-electron chi connectivity index (χ2n) is 5.44. The monoisotopic (exact) mass is 323 g/mol. The van der Waals surface area contributed by atoms with E-state index >= 15 is 0 Å². The van der Waals surface area contributed by atoms with Crippen LogP contribution in [-0.4, -0.2) is 31.0 Å². The highest BCUT2D eigenvalue weighted by Crippen LogP contribution is 2.28. The van der Waals surface area contributed by atoms with Crippen molar-refractivity contribution >= 4 is 5.95 Å². The highest BCUT2D eigenvalue weighted by atomic mass is 16.3. The highest BCUT2D eigenvalue weighted by Gasteiger charge is 2.13. The quantitative estimate of drug-likeness (QED) is 0.750. The zero-order valence-corrected chi connectivity index (χ0v) is 13.1. The van der Waals surface area contributed by atoms with Gasteiger partial charge in [0.05, 0.1) is 24.0 Å². The molecule has 7 heteroatoms. The zero-order chi connectivity index (χ0) is 17.1. The van der Waals surface area contributed by atoms with Crippen molar-refractivity contribution in [1.82, 2.24) is 19.7 Å². The van der Waals surface area contributed by atoms with E-state index in [1.54, 1.807) is 19.2 Å². The number of rotatable bonds is 4. The van der Waals surface area contributed by atoms with Gasteiger partial charge in [-0.05, 0) is 13.0 Å². The maximum absolute atomic E-state index is 11.9. The summed E-state index contributed by atoms with van der Waals surface area (Å²) >= 11 is 0. The van der Waals surface area contributed by atoms with Crippen LogP contribution >= 0.6 is 0 Å². The lowest BCUT2D eigenvalue weighted by molar-refractivity contribution is 0.166. The van der Waals surface area contributed by atoms with Crippen LogP contribution in [0, 0.1) is 0 Å². The highest BCUT2D eigenvalue weighted by molar-refractivity contribution is 5.78. The third-order valence-corrected chi connectivity index (χ3v) is 3.43. The molecule has 3 aromatic rings. The molecular formula is C17H17N5O2. The number of aromatic nitrogens is 4. The second-order valence-corrected chi connectivity index (χ2v) is 5.44. The third kappa shape index (κ3) is 3.31. The molecule has 3 rings (SSSR count). The SMILES string of the molecule is CC(O)Cn1nc(-c2cnc(N)nc2-c2ccccc2)ccc1=O. The molecule has 0 aliphatic heterocycles. The van der Waals surface area contributed by atoms with Crippen molar-refractivity contribution in [3.63, 3.8) is 0 Å². The van der Waals surface area contributed by atoms with Gasteiger partial charge in [0.25, 0.3) is 5.56 Å². The van der Waals surface area contributed by atoms with Crippen LogP contribution in [0.3, 0.4) is 0 Å². The summed E-state index contributed by atoms with van der Waals surface area (Å²) in [7, 11) is 0. The Morgan fingerprint density at radius 1 is 1.21 bits per heavy atom. The van der Waals surface area contributed by atoms with Gasteiger partial charge in [-0.3, -0.25) is 4.79 Å². The molecule has 1 unspecified atom stereocenters. The lowest BCUT2D eigenvalue weighted by atomic mass is 10.0. The summed E-state index contributed by atoms with van der Waals surface area (Å²) in [5.74, 6) is 0.162. The van der Waals surface area contributed by atoms with Crippen molar-refractivity contribution in [2.75, 3.05) is 5.73 Å². The average Bonchev–Trinajstić information content (AvgIpc) is 2.57. The number of aliphatic hydroxyl groups is 1. The Balaban J connectivity index is 2.15. The molecule has 0 fully saturated rings. The Morgan fingerprint density at radius 3 is 2.67 bits per heavy atom. The van der Waals surface area contributed by atoms with Crippen LogP contribution in [0.5, 0.6) is 0 Å². The fourth-order valence-corrected chi connectivity index (χ4v) is 2.37. The number of aliphatic hydroxyl groups excluding tert-OH is 1. The number of nitrogens with two attached hydrogens (primary N) is 1. The molecule has 1 atom stereocenters. The van der Waals surface area contributed by atoms with Gasteiger partial charge in [0, 0.05) is 23.4 Å². The minimum absolute atomic E-state index is 0.114. The van der Waals surface area contributed by atoms with E-state index in [2.05, 4.69) is 15.1 Å². The van der Waals surface area contributed by atoms with Gasteiger partial charge in [-0.1, -0.05) is 30.3 Å². The molecule has 0 aliphatic carbocycles. The van der Waals surface area contributed by atoms with Crippen LogP contribution in [0.4, 0.5) is 5.95 Å². The third-order valence-electron chi connectivity index (χ3n) is 3.43. The maximum atomic E-state index is 11.9. The number of nitrogen functional groups attached to an aromatic ring is 1. The van der Waals surface area contributed by atoms with Gasteiger partial charge in [-0.15, -0.1) is 0 Å². The number of hydrogen-bond acceptors (Lipinski definition) is 6. The second kappa shape index (κ2) is 6.59. The molecule has 122 valence electrons. The van der Waals surface area contributed by atoms with Crippen LogP contribution in [0.25, 0.3) is 22.5 Å². The molecule has 0 bridgehead atoms. The van der Waals surface area contributed by atoms with E-state index in [9.17, 15) is 9.90 Å². The number of anilines is 1. The summed E-state index contributed by atoms with van der Waals surface area (Å²) in [5.41, 5.74) is 8.16. The predicted molar refractivity (Wildman–Crippen MR) is 91.1 cm³/mol. The first-order chi connectivity index (χ1) is 11.5. The van der Waals surface area contributed by atoms with Crippen LogP contribution in [0.1, 0.15) is 6.92 Å². The van der Waals surface area contributed by atoms with E-state index in [4.69, 9.17) is 5.73 Å². The Hall–Kier alpha value is -3.06. The van der Waals surface area contributed by atoms with Crippen molar-refractivity contribution in [2.45, 2.75) is 19.6 Å². The normalized spacial score (nSPS) is 12.1. The molecule has 0 amide bonds. The van der Waals surface area contributed by atoms with E-state index in [1.165, 1.54) is 10.7 Å². The van der Waals surface area contributed by atoms with Gasteiger partial charge in [0.1, 0.15) is 0 Å². The molecule has 3 N–H and O–H groups in total. The van der Waals surface area contributed by atoms with E-state index in [-0.39, 0.29) is 18.1 Å². The molecule has 2 heterocycles. The van der Waals surface area contributed by atoms with Crippen molar-refractivity contribution in [1.29, 1.82) is 0 Å². The topological polar surface area (TPSA) is 107 Å². The van der Waals surface area contributed by atoms with E-state index in [0.29, 0.717) is 17.0 Å². The lowest BCUT2D eigenvalue weighted by Crippen LogP contribution is -2.27. The van der Waals surface area contributed by atoms with Gasteiger partial charge in [0.2, 0.25) is 5.95 Å². The molecule has 0 saturated heterocycles. The molecule has 0 spiro atoms. The number of hydrogen-bond donors (Lipinski definition) is 2. The average molecular weight is 323 g/mol. The van der Waals surface area contributed by atoms with Gasteiger partial charge in [-0.2, -0.15) is 5.10 Å². The van der Waals surface area contributed by atoms with Crippen LogP contribution in [0.15, 0.2) is 53.5 Å². The van der Waals surface area contributed by atoms with Crippen molar-refractivity contribution in [3.05, 3.63) is 59.0 Å². The summed E-state index contributed by atoms with van der Waals surface area (Å²) in [4.78, 5) is 20.3. The number of nitrogens with zero attached hydrogens (tertiary/aromatic N) is 4. The molecule has 0 aliphatic rings. The van der Waals surface area contributed by atoms with E-state index < -0.39 is 6.10 Å². The fourth-order valence-electron chi connectivity index (χ4n) is 2.37. The minimum atomic E-state index is -0.679. The predicted octanol–water partition coefficient (Wildman–Crippen LogP) is 1.33. The van der Waals surface area contributed by atoms with Crippen molar-refractivity contribution in [2.24, 2.45) is 0 Å². The smallest absolute Gasteiger partial charge is 0.266 e. The Bertz CT molecular complexity index is 906. The van der Waals surface area contributed by atoms with Gasteiger partial charge in [-0.25, -0.2) is 14.6 Å². The summed E-state index contributed by atoms with van der Waals surface area (Å²) in [6.45, 7) is 1.71. The molecule has 0 saturated carbocycles. The Labute approximate surface area is 138 Å². The maximum Gasteiger partial charge on any atom is 0.266 e. The van der Waals surface area contributed by atoms with E-state index in [1.807, 2.05) is 30.3 Å². The first-order valence-corrected chi connectivity index (χ1v) is 7.49. The fraction of sp³-hybridized carbons (Fsp3) is 0.176. The standard InChI is InChI=1S/C17H17N5O2/c1-11(23)10-22-15(24)8-7-14(21-22)13-9-19-17(18)20-16(13)12-5-3-2-4-6-12/h2-9,11,23H,10H2,1H3,(H2,18,19,20). The molecule has 1 aromatic carbocycles. The largest absolute Gasteiger partial charge is 0.391 e. The van der Waals surface area contributed by atoms with Crippen LogP contribution < -0.4 is 11.3 Å². The van der Waals surface area contributed by atoms with Crippen LogP contribution in [0.2, 0.25) is 0 Å². The first kappa shape index (κ1) is 15.8. The van der Waals surface area contributed by atoms with Crippen molar-refractivity contribution in [3.8, 4) is 22.5 Å². The van der Waals surface area contributed by atoms with Gasteiger partial charge < -0.3 is 10.8 Å². The lowest BCUT2D eigenvalue weighted by Gasteiger charge is -2.11. The Morgan fingerprint density at radius 2 is 1.96 bits per heavy atom. The molecule has 7 nitrogen and oxygen atoms in total. The first-order valence-electron chi connectivity index (χ1n) is 7.49.